The van der Waals surface area contributed by atoms with E-state index in [1.165, 1.54) is 0 Å². The molecular formula is C13H12Cl4N2O. The standard InChI is InChI=1S/C13H12Cl4N2O/c1-7-10(13(17)19(2)18-7)6-20-12-8(5-14)3-9(15)4-11(12)16/h3-4H,5-6H2,1-2H3. The van der Waals surface area contributed by atoms with Crippen LogP contribution in [0.15, 0.2) is 12.1 Å². The first-order valence-corrected chi connectivity index (χ1v) is 7.45. The van der Waals surface area contributed by atoms with E-state index in [1.54, 1.807) is 23.9 Å². The lowest BCUT2D eigenvalue weighted by atomic mass is 10.2. The molecule has 0 saturated carbocycles. The van der Waals surface area contributed by atoms with E-state index in [1.807, 2.05) is 6.92 Å². The zero-order valence-electron chi connectivity index (χ0n) is 10.9. The van der Waals surface area contributed by atoms with E-state index in [0.29, 0.717) is 20.9 Å². The van der Waals surface area contributed by atoms with Gasteiger partial charge >= 0.3 is 0 Å². The zero-order chi connectivity index (χ0) is 14.9. The van der Waals surface area contributed by atoms with Crippen LogP contribution in [0.5, 0.6) is 5.75 Å². The van der Waals surface area contributed by atoms with Crippen LogP contribution in [0.1, 0.15) is 16.8 Å². The van der Waals surface area contributed by atoms with Crippen molar-refractivity contribution in [3.05, 3.63) is 44.2 Å². The van der Waals surface area contributed by atoms with Gasteiger partial charge in [0, 0.05) is 23.2 Å². The summed E-state index contributed by atoms with van der Waals surface area (Å²) in [5.41, 5.74) is 2.37. The van der Waals surface area contributed by atoms with Gasteiger partial charge in [0.15, 0.2) is 0 Å². The summed E-state index contributed by atoms with van der Waals surface area (Å²) >= 11 is 24.1. The van der Waals surface area contributed by atoms with Crippen LogP contribution in [-0.4, -0.2) is 9.78 Å². The van der Waals surface area contributed by atoms with Gasteiger partial charge in [-0.3, -0.25) is 4.68 Å². The number of hydrogen-bond acceptors (Lipinski definition) is 2. The van der Waals surface area contributed by atoms with Crippen molar-refractivity contribution in [2.45, 2.75) is 19.4 Å². The fourth-order valence-corrected chi connectivity index (χ4v) is 2.87. The molecule has 1 heterocycles. The van der Waals surface area contributed by atoms with Crippen LogP contribution >= 0.6 is 46.4 Å². The Morgan fingerprint density at radius 1 is 1.25 bits per heavy atom. The molecular weight excluding hydrogens is 342 g/mol. The lowest BCUT2D eigenvalue weighted by Crippen LogP contribution is -2.00. The number of alkyl halides is 1. The Labute approximate surface area is 137 Å². The van der Waals surface area contributed by atoms with Gasteiger partial charge in [-0.05, 0) is 19.1 Å². The number of ether oxygens (including phenoxy) is 1. The van der Waals surface area contributed by atoms with Crippen molar-refractivity contribution >= 4 is 46.4 Å². The van der Waals surface area contributed by atoms with Gasteiger partial charge in [-0.25, -0.2) is 0 Å². The third-order valence-electron chi connectivity index (χ3n) is 2.86. The van der Waals surface area contributed by atoms with Crippen LogP contribution in [0.3, 0.4) is 0 Å². The average molecular weight is 354 g/mol. The molecule has 0 N–H and O–H groups in total. The van der Waals surface area contributed by atoms with E-state index in [0.717, 1.165) is 16.8 Å². The van der Waals surface area contributed by atoms with Crippen molar-refractivity contribution in [3.63, 3.8) is 0 Å². The second-order valence-electron chi connectivity index (χ2n) is 4.28. The normalized spacial score (nSPS) is 10.9. The van der Waals surface area contributed by atoms with Gasteiger partial charge in [0.25, 0.3) is 0 Å². The Balaban J connectivity index is 2.27. The summed E-state index contributed by atoms with van der Waals surface area (Å²) in [7, 11) is 1.78. The Morgan fingerprint density at radius 3 is 2.50 bits per heavy atom. The Kier molecular flexibility index (Phi) is 5.08. The molecule has 2 rings (SSSR count). The van der Waals surface area contributed by atoms with Gasteiger partial charge in [-0.15, -0.1) is 11.6 Å². The Morgan fingerprint density at radius 2 is 1.95 bits per heavy atom. The number of nitrogens with zero attached hydrogens (tertiary/aromatic N) is 2. The van der Waals surface area contributed by atoms with Gasteiger partial charge in [-0.2, -0.15) is 5.10 Å². The molecule has 0 amide bonds. The highest BCUT2D eigenvalue weighted by molar-refractivity contribution is 6.36. The highest BCUT2D eigenvalue weighted by Gasteiger charge is 2.15. The van der Waals surface area contributed by atoms with E-state index >= 15 is 0 Å². The maximum absolute atomic E-state index is 6.16. The van der Waals surface area contributed by atoms with Crippen molar-refractivity contribution < 1.29 is 4.74 Å². The van der Waals surface area contributed by atoms with E-state index in [4.69, 9.17) is 51.1 Å². The third-order valence-corrected chi connectivity index (χ3v) is 4.12. The Hall–Kier alpha value is -0.610. The molecule has 3 nitrogen and oxygen atoms in total. The molecule has 108 valence electrons. The molecule has 2 aromatic rings. The molecule has 0 aliphatic rings. The quantitative estimate of drug-likeness (QED) is 0.722. The summed E-state index contributed by atoms with van der Waals surface area (Å²) in [6.45, 7) is 2.14. The minimum atomic E-state index is 0.259. The molecule has 0 aliphatic heterocycles. The summed E-state index contributed by atoms with van der Waals surface area (Å²) in [5.74, 6) is 0.778. The molecule has 20 heavy (non-hydrogen) atoms. The molecule has 0 radical (unpaired) electrons. The second kappa shape index (κ2) is 6.44. The molecule has 0 aliphatic carbocycles. The maximum atomic E-state index is 6.16. The number of aromatic nitrogens is 2. The van der Waals surface area contributed by atoms with E-state index < -0.39 is 0 Å². The van der Waals surface area contributed by atoms with Gasteiger partial charge in [0.1, 0.15) is 17.5 Å². The van der Waals surface area contributed by atoms with Crippen LogP contribution in [0.2, 0.25) is 15.2 Å². The van der Waals surface area contributed by atoms with E-state index in [-0.39, 0.29) is 12.5 Å². The Bertz CT molecular complexity index is 640. The van der Waals surface area contributed by atoms with Crippen LogP contribution in [0.4, 0.5) is 0 Å². The minimum absolute atomic E-state index is 0.259. The van der Waals surface area contributed by atoms with Gasteiger partial charge in [0.2, 0.25) is 0 Å². The maximum Gasteiger partial charge on any atom is 0.142 e. The first-order valence-electron chi connectivity index (χ1n) is 5.78. The van der Waals surface area contributed by atoms with Crippen molar-refractivity contribution in [1.29, 1.82) is 0 Å². The largest absolute Gasteiger partial charge is 0.487 e. The first-order chi connectivity index (χ1) is 9.43. The van der Waals surface area contributed by atoms with Crippen LogP contribution in [0, 0.1) is 6.92 Å². The van der Waals surface area contributed by atoms with Crippen LogP contribution in [0.25, 0.3) is 0 Å². The molecule has 0 bridgehead atoms. The van der Waals surface area contributed by atoms with E-state index in [9.17, 15) is 0 Å². The lowest BCUT2D eigenvalue weighted by molar-refractivity contribution is 0.303. The molecule has 0 unspecified atom stereocenters. The number of benzene rings is 1. The lowest BCUT2D eigenvalue weighted by Gasteiger charge is -2.12. The van der Waals surface area contributed by atoms with Crippen molar-refractivity contribution in [1.82, 2.24) is 9.78 Å². The first kappa shape index (κ1) is 15.8. The van der Waals surface area contributed by atoms with Gasteiger partial charge in [-0.1, -0.05) is 34.8 Å². The monoisotopic (exact) mass is 352 g/mol. The number of aryl methyl sites for hydroxylation is 2. The molecule has 0 spiro atoms. The number of halogens is 4. The molecule has 0 saturated heterocycles. The second-order valence-corrected chi connectivity index (χ2v) is 5.75. The van der Waals surface area contributed by atoms with Gasteiger partial charge < -0.3 is 4.74 Å². The van der Waals surface area contributed by atoms with Crippen molar-refractivity contribution in [3.8, 4) is 5.75 Å². The van der Waals surface area contributed by atoms with Crippen LogP contribution in [-0.2, 0) is 19.5 Å². The molecule has 0 atom stereocenters. The minimum Gasteiger partial charge on any atom is -0.487 e. The summed E-state index contributed by atoms with van der Waals surface area (Å²) in [6, 6.07) is 3.35. The summed E-state index contributed by atoms with van der Waals surface area (Å²) in [4.78, 5) is 0. The van der Waals surface area contributed by atoms with Crippen LogP contribution < -0.4 is 4.74 Å². The molecule has 7 heteroatoms. The zero-order valence-corrected chi connectivity index (χ0v) is 13.9. The molecule has 0 fully saturated rings. The predicted molar refractivity (Wildman–Crippen MR) is 83.3 cm³/mol. The third kappa shape index (κ3) is 3.17. The highest BCUT2D eigenvalue weighted by atomic mass is 35.5. The SMILES string of the molecule is Cc1nn(C)c(Cl)c1COc1c(Cl)cc(Cl)cc1CCl. The summed E-state index contributed by atoms with van der Waals surface area (Å²) in [6.07, 6.45) is 0. The summed E-state index contributed by atoms with van der Waals surface area (Å²) in [5, 5.41) is 5.71. The van der Waals surface area contributed by atoms with E-state index in [2.05, 4.69) is 5.10 Å². The highest BCUT2D eigenvalue weighted by Crippen LogP contribution is 2.34. The smallest absolute Gasteiger partial charge is 0.142 e. The topological polar surface area (TPSA) is 27.1 Å². The van der Waals surface area contributed by atoms with Crippen molar-refractivity contribution in [2.75, 3.05) is 0 Å². The fraction of sp³-hybridized carbons (Fsp3) is 0.308. The predicted octanol–water partition coefficient (Wildman–Crippen LogP) is 5.01. The number of rotatable bonds is 4. The summed E-state index contributed by atoms with van der Waals surface area (Å²) < 4.78 is 7.36. The molecule has 1 aromatic heterocycles. The average Bonchev–Trinajstić information content (AvgIpc) is 2.62. The molecule has 1 aromatic carbocycles. The fourth-order valence-electron chi connectivity index (χ4n) is 1.86. The number of hydrogen-bond donors (Lipinski definition) is 0. The van der Waals surface area contributed by atoms with Crippen molar-refractivity contribution in [2.24, 2.45) is 7.05 Å². The van der Waals surface area contributed by atoms with Gasteiger partial charge in [0.05, 0.1) is 16.6 Å².